The topological polar surface area (TPSA) is 78.3 Å². The Morgan fingerprint density at radius 2 is 1.90 bits per heavy atom. The maximum Gasteiger partial charge on any atom is 0.417 e. The summed E-state index contributed by atoms with van der Waals surface area (Å²) in [4.78, 5) is 16.5. The normalized spacial score (nSPS) is 12.7. The Morgan fingerprint density at radius 1 is 1.24 bits per heavy atom. The molecule has 0 aliphatic rings. The standard InChI is InChI=1S/C19H19F3N4O3/c1-10-16-14(19(20,21)22)9-15(24-17(16)26(3)25-10)29-11(2)18(27)23-12-5-7-13(28-4)8-6-12/h5-9,11H,1-4H3,(H,23,27)/t11-/m1/s1. The van der Waals surface area contributed by atoms with Gasteiger partial charge in [-0.2, -0.15) is 23.3 Å². The van der Waals surface area contributed by atoms with Gasteiger partial charge in [0.15, 0.2) is 11.8 Å². The van der Waals surface area contributed by atoms with Crippen LogP contribution in [0.4, 0.5) is 18.9 Å². The number of carbonyl (C=O) groups is 1. The number of pyridine rings is 1. The quantitative estimate of drug-likeness (QED) is 0.696. The maximum atomic E-state index is 13.5. The van der Waals surface area contributed by atoms with Crippen LogP contribution >= 0.6 is 0 Å². The maximum absolute atomic E-state index is 13.5. The number of nitrogens with one attached hydrogen (secondary N) is 1. The highest BCUT2D eigenvalue weighted by molar-refractivity contribution is 5.94. The number of carbonyl (C=O) groups excluding carboxylic acids is 1. The lowest BCUT2D eigenvalue weighted by Gasteiger charge is -2.16. The molecule has 0 saturated carbocycles. The number of amides is 1. The largest absolute Gasteiger partial charge is 0.497 e. The van der Waals surface area contributed by atoms with Crippen molar-refractivity contribution in [3.63, 3.8) is 0 Å². The first kappa shape index (κ1) is 20.4. The van der Waals surface area contributed by atoms with E-state index in [-0.39, 0.29) is 22.6 Å². The van der Waals surface area contributed by atoms with Crippen molar-refractivity contribution in [1.82, 2.24) is 14.8 Å². The van der Waals surface area contributed by atoms with Crippen molar-refractivity contribution in [2.24, 2.45) is 7.05 Å². The molecule has 0 aliphatic carbocycles. The molecule has 29 heavy (non-hydrogen) atoms. The van der Waals surface area contributed by atoms with Crippen molar-refractivity contribution in [2.45, 2.75) is 26.1 Å². The second kappa shape index (κ2) is 7.61. The highest BCUT2D eigenvalue weighted by Gasteiger charge is 2.36. The van der Waals surface area contributed by atoms with Crippen LogP contribution in [0.15, 0.2) is 30.3 Å². The van der Waals surface area contributed by atoms with Gasteiger partial charge in [0.1, 0.15) is 5.75 Å². The summed E-state index contributed by atoms with van der Waals surface area (Å²) in [5.74, 6) is -0.229. The van der Waals surface area contributed by atoms with Crippen molar-refractivity contribution >= 4 is 22.6 Å². The van der Waals surface area contributed by atoms with E-state index in [1.807, 2.05) is 0 Å². The van der Waals surface area contributed by atoms with Crippen LogP contribution in [0.25, 0.3) is 11.0 Å². The minimum atomic E-state index is -4.62. The SMILES string of the molecule is COc1ccc(NC(=O)[C@@H](C)Oc2cc(C(F)(F)F)c3c(C)nn(C)c3n2)cc1. The van der Waals surface area contributed by atoms with E-state index in [0.29, 0.717) is 11.4 Å². The molecule has 0 aliphatic heterocycles. The molecular formula is C19H19F3N4O3. The first-order valence-electron chi connectivity index (χ1n) is 8.63. The van der Waals surface area contributed by atoms with Crippen LogP contribution in [0, 0.1) is 6.92 Å². The second-order valence-corrected chi connectivity index (χ2v) is 6.39. The van der Waals surface area contributed by atoms with Crippen LogP contribution < -0.4 is 14.8 Å². The van der Waals surface area contributed by atoms with Gasteiger partial charge in [-0.3, -0.25) is 9.48 Å². The molecule has 1 atom stereocenters. The molecule has 2 heterocycles. The van der Waals surface area contributed by atoms with Crippen molar-refractivity contribution in [2.75, 3.05) is 12.4 Å². The smallest absolute Gasteiger partial charge is 0.417 e. The molecule has 1 aromatic carbocycles. The Morgan fingerprint density at radius 3 is 2.48 bits per heavy atom. The molecule has 10 heteroatoms. The van der Waals surface area contributed by atoms with E-state index in [9.17, 15) is 18.0 Å². The van der Waals surface area contributed by atoms with E-state index in [1.165, 1.54) is 32.7 Å². The predicted molar refractivity (Wildman–Crippen MR) is 100.0 cm³/mol. The van der Waals surface area contributed by atoms with Crippen molar-refractivity contribution in [1.29, 1.82) is 0 Å². The number of alkyl halides is 3. The van der Waals surface area contributed by atoms with Gasteiger partial charge in [-0.25, -0.2) is 0 Å². The average Bonchev–Trinajstić information content (AvgIpc) is 2.94. The number of benzene rings is 1. The van der Waals surface area contributed by atoms with Gasteiger partial charge in [0.05, 0.1) is 23.8 Å². The number of aromatic nitrogens is 3. The molecule has 0 saturated heterocycles. The summed E-state index contributed by atoms with van der Waals surface area (Å²) in [6.07, 6.45) is -5.71. The first-order chi connectivity index (χ1) is 13.6. The fourth-order valence-electron chi connectivity index (χ4n) is 2.86. The van der Waals surface area contributed by atoms with E-state index in [4.69, 9.17) is 9.47 Å². The van der Waals surface area contributed by atoms with Gasteiger partial charge in [-0.05, 0) is 38.1 Å². The highest BCUT2D eigenvalue weighted by Crippen LogP contribution is 2.37. The zero-order valence-corrected chi connectivity index (χ0v) is 16.2. The van der Waals surface area contributed by atoms with Crippen molar-refractivity contribution in [3.05, 3.63) is 41.6 Å². The number of anilines is 1. The molecule has 0 radical (unpaired) electrons. The summed E-state index contributed by atoms with van der Waals surface area (Å²) in [6, 6.07) is 7.38. The number of rotatable bonds is 5. The molecular weight excluding hydrogens is 389 g/mol. The van der Waals surface area contributed by atoms with Crippen LogP contribution in [0.2, 0.25) is 0 Å². The van der Waals surface area contributed by atoms with E-state index in [0.717, 1.165) is 6.07 Å². The molecule has 7 nitrogen and oxygen atoms in total. The molecule has 154 valence electrons. The van der Waals surface area contributed by atoms with Gasteiger partial charge in [0.2, 0.25) is 5.88 Å². The molecule has 3 rings (SSSR count). The molecule has 0 spiro atoms. The molecule has 0 fully saturated rings. The van der Waals surface area contributed by atoms with Crippen LogP contribution in [-0.4, -0.2) is 33.9 Å². The highest BCUT2D eigenvalue weighted by atomic mass is 19.4. The predicted octanol–water partition coefficient (Wildman–Crippen LogP) is 3.71. The molecule has 3 aromatic rings. The molecule has 0 unspecified atom stereocenters. The lowest BCUT2D eigenvalue weighted by Crippen LogP contribution is -2.30. The number of nitrogens with zero attached hydrogens (tertiary/aromatic N) is 3. The molecule has 1 amide bonds. The average molecular weight is 408 g/mol. The number of ether oxygens (including phenoxy) is 2. The second-order valence-electron chi connectivity index (χ2n) is 6.39. The van der Waals surface area contributed by atoms with Crippen LogP contribution in [0.3, 0.4) is 0 Å². The Balaban J connectivity index is 1.84. The Hall–Kier alpha value is -3.30. The van der Waals surface area contributed by atoms with E-state index < -0.39 is 23.8 Å². The van der Waals surface area contributed by atoms with Crippen molar-refractivity contribution < 1.29 is 27.4 Å². The summed E-state index contributed by atoms with van der Waals surface area (Å²) in [7, 11) is 3.01. The molecule has 1 N–H and O–H groups in total. The lowest BCUT2D eigenvalue weighted by molar-refractivity contribution is -0.136. The van der Waals surface area contributed by atoms with E-state index in [2.05, 4.69) is 15.4 Å². The fourth-order valence-corrected chi connectivity index (χ4v) is 2.86. The van der Waals surface area contributed by atoms with Gasteiger partial charge >= 0.3 is 6.18 Å². The number of hydrogen-bond donors (Lipinski definition) is 1. The van der Waals surface area contributed by atoms with Gasteiger partial charge in [0.25, 0.3) is 5.91 Å². The summed E-state index contributed by atoms with van der Waals surface area (Å²) in [5, 5.41) is 6.53. The summed E-state index contributed by atoms with van der Waals surface area (Å²) in [5.41, 5.74) is -0.187. The Kier molecular flexibility index (Phi) is 5.36. The lowest BCUT2D eigenvalue weighted by atomic mass is 10.1. The van der Waals surface area contributed by atoms with Crippen LogP contribution in [-0.2, 0) is 18.0 Å². The summed E-state index contributed by atoms with van der Waals surface area (Å²) >= 11 is 0. The monoisotopic (exact) mass is 408 g/mol. The Bertz CT molecular complexity index is 1050. The minimum Gasteiger partial charge on any atom is -0.497 e. The van der Waals surface area contributed by atoms with Crippen molar-refractivity contribution in [3.8, 4) is 11.6 Å². The van der Waals surface area contributed by atoms with Gasteiger partial charge < -0.3 is 14.8 Å². The van der Waals surface area contributed by atoms with Gasteiger partial charge in [-0.15, -0.1) is 0 Å². The van der Waals surface area contributed by atoms with E-state index in [1.54, 1.807) is 24.3 Å². The fraction of sp³-hybridized carbons (Fsp3) is 0.316. The van der Waals surface area contributed by atoms with Crippen LogP contribution in [0.5, 0.6) is 11.6 Å². The third-order valence-corrected chi connectivity index (χ3v) is 4.27. The number of methoxy groups -OCH3 is 1. The first-order valence-corrected chi connectivity index (χ1v) is 8.63. The van der Waals surface area contributed by atoms with Crippen LogP contribution in [0.1, 0.15) is 18.2 Å². The number of fused-ring (bicyclic) bond motifs is 1. The number of aryl methyl sites for hydroxylation is 2. The van der Waals surface area contributed by atoms with Gasteiger partial charge in [0, 0.05) is 18.8 Å². The zero-order chi connectivity index (χ0) is 21.3. The molecule has 2 aromatic heterocycles. The molecule has 0 bridgehead atoms. The number of halogens is 3. The summed E-state index contributed by atoms with van der Waals surface area (Å²) in [6.45, 7) is 2.90. The Labute approximate surface area is 164 Å². The third kappa shape index (κ3) is 4.25. The van der Waals surface area contributed by atoms with Gasteiger partial charge in [-0.1, -0.05) is 0 Å². The summed E-state index contributed by atoms with van der Waals surface area (Å²) < 4.78 is 52.3. The van der Waals surface area contributed by atoms with E-state index >= 15 is 0 Å². The minimum absolute atomic E-state index is 0.0232. The third-order valence-electron chi connectivity index (χ3n) is 4.27. The zero-order valence-electron chi connectivity index (χ0n) is 16.2. The number of hydrogen-bond acceptors (Lipinski definition) is 5.